The van der Waals surface area contributed by atoms with E-state index in [4.69, 9.17) is 37.1 Å². The van der Waals surface area contributed by atoms with Crippen molar-refractivity contribution in [3.63, 3.8) is 0 Å². The van der Waals surface area contributed by atoms with E-state index in [0.717, 1.165) is 11.1 Å². The van der Waals surface area contributed by atoms with Crippen LogP contribution in [-0.4, -0.2) is 26.3 Å². The Morgan fingerprint density at radius 3 is 2.55 bits per heavy atom. The van der Waals surface area contributed by atoms with Crippen molar-refractivity contribution in [3.05, 3.63) is 69.9 Å². The van der Waals surface area contributed by atoms with Crippen LogP contribution in [0.15, 0.2) is 58.0 Å². The highest BCUT2D eigenvalue weighted by Gasteiger charge is 2.09. The van der Waals surface area contributed by atoms with Crippen molar-refractivity contribution in [1.29, 1.82) is 0 Å². The first-order chi connectivity index (χ1) is 14.0. The van der Waals surface area contributed by atoms with Crippen LogP contribution >= 0.6 is 23.2 Å². The number of hydrazone groups is 1. The maximum absolute atomic E-state index is 12.1. The van der Waals surface area contributed by atoms with E-state index in [-0.39, 0.29) is 12.3 Å². The number of furan rings is 1. The molecule has 2 aromatic carbocycles. The fourth-order valence-electron chi connectivity index (χ4n) is 2.61. The van der Waals surface area contributed by atoms with Gasteiger partial charge in [-0.05, 0) is 48.0 Å². The molecule has 6 nitrogen and oxygen atoms in total. The molecule has 0 aliphatic heterocycles. The van der Waals surface area contributed by atoms with Crippen LogP contribution in [0.5, 0.6) is 11.5 Å². The Kier molecular flexibility index (Phi) is 6.80. The second-order valence-corrected chi connectivity index (χ2v) is 6.80. The predicted octanol–water partition coefficient (Wildman–Crippen LogP) is 4.96. The number of nitrogens with one attached hydrogen (secondary N) is 1. The van der Waals surface area contributed by atoms with Crippen molar-refractivity contribution in [2.75, 3.05) is 14.2 Å². The van der Waals surface area contributed by atoms with Crippen molar-refractivity contribution in [2.45, 2.75) is 6.42 Å². The number of ether oxygens (including phenoxy) is 2. The molecule has 0 aliphatic rings. The number of hydrogen-bond donors (Lipinski definition) is 1. The summed E-state index contributed by atoms with van der Waals surface area (Å²) >= 11 is 12.0. The first-order valence-electron chi connectivity index (χ1n) is 8.58. The minimum absolute atomic E-state index is 0.143. The molecule has 0 spiro atoms. The largest absolute Gasteiger partial charge is 0.493 e. The van der Waals surface area contributed by atoms with Gasteiger partial charge in [-0.15, -0.1) is 0 Å². The highest BCUT2D eigenvalue weighted by molar-refractivity contribution is 6.42. The van der Waals surface area contributed by atoms with Crippen molar-refractivity contribution in [3.8, 4) is 22.8 Å². The maximum atomic E-state index is 12.1. The van der Waals surface area contributed by atoms with Gasteiger partial charge in [-0.3, -0.25) is 4.79 Å². The molecule has 150 valence electrons. The number of nitrogens with zero attached hydrogens (tertiary/aromatic N) is 1. The Hall–Kier alpha value is -2.96. The molecule has 29 heavy (non-hydrogen) atoms. The molecule has 1 amide bonds. The van der Waals surface area contributed by atoms with Gasteiger partial charge in [-0.1, -0.05) is 29.3 Å². The summed E-state index contributed by atoms with van der Waals surface area (Å²) in [5.41, 5.74) is 4.03. The van der Waals surface area contributed by atoms with Crippen LogP contribution in [0.2, 0.25) is 10.0 Å². The number of halogens is 2. The van der Waals surface area contributed by atoms with Gasteiger partial charge in [0.05, 0.1) is 36.9 Å². The molecule has 0 aliphatic carbocycles. The van der Waals surface area contributed by atoms with Crippen LogP contribution in [-0.2, 0) is 11.2 Å². The lowest BCUT2D eigenvalue weighted by atomic mass is 10.1. The second kappa shape index (κ2) is 9.49. The van der Waals surface area contributed by atoms with Gasteiger partial charge >= 0.3 is 0 Å². The third kappa shape index (κ3) is 5.31. The van der Waals surface area contributed by atoms with Crippen molar-refractivity contribution in [2.24, 2.45) is 5.10 Å². The van der Waals surface area contributed by atoms with Crippen LogP contribution in [0.25, 0.3) is 11.3 Å². The van der Waals surface area contributed by atoms with Gasteiger partial charge in [-0.2, -0.15) is 5.10 Å². The molecule has 1 heterocycles. The monoisotopic (exact) mass is 432 g/mol. The van der Waals surface area contributed by atoms with Crippen LogP contribution in [0.4, 0.5) is 0 Å². The van der Waals surface area contributed by atoms with Gasteiger partial charge in [-0.25, -0.2) is 5.43 Å². The first kappa shape index (κ1) is 20.8. The molecule has 3 aromatic rings. The number of amides is 1. The molecule has 1 aromatic heterocycles. The molecule has 0 atom stereocenters. The standard InChI is InChI=1S/C21H18Cl2N2O4/c1-27-19-7-3-13(9-20(19)28-2)10-21(26)25-24-12-15-5-8-18(29-15)14-4-6-16(22)17(23)11-14/h3-9,11-12H,10H2,1-2H3,(H,25,26)/b24-12-. The summed E-state index contributed by atoms with van der Waals surface area (Å²) in [7, 11) is 3.10. The van der Waals surface area contributed by atoms with Gasteiger partial charge < -0.3 is 13.9 Å². The van der Waals surface area contributed by atoms with E-state index in [2.05, 4.69) is 10.5 Å². The van der Waals surface area contributed by atoms with E-state index in [1.807, 2.05) is 0 Å². The average Bonchev–Trinajstić information content (AvgIpc) is 3.18. The van der Waals surface area contributed by atoms with E-state index in [1.165, 1.54) is 6.21 Å². The van der Waals surface area contributed by atoms with E-state index in [9.17, 15) is 4.79 Å². The summed E-state index contributed by atoms with van der Waals surface area (Å²) in [4.78, 5) is 12.1. The number of benzene rings is 2. The first-order valence-corrected chi connectivity index (χ1v) is 9.34. The fourth-order valence-corrected chi connectivity index (χ4v) is 2.91. The van der Waals surface area contributed by atoms with Crippen LogP contribution in [0.1, 0.15) is 11.3 Å². The molecule has 0 saturated carbocycles. The van der Waals surface area contributed by atoms with Gasteiger partial charge in [0.2, 0.25) is 5.91 Å². The smallest absolute Gasteiger partial charge is 0.244 e. The quantitative estimate of drug-likeness (QED) is 0.422. The summed E-state index contributed by atoms with van der Waals surface area (Å²) in [6, 6.07) is 14.0. The molecular weight excluding hydrogens is 415 g/mol. The Balaban J connectivity index is 1.59. The molecule has 0 radical (unpaired) electrons. The lowest BCUT2D eigenvalue weighted by Gasteiger charge is -2.09. The van der Waals surface area contributed by atoms with Gasteiger partial charge in [0, 0.05) is 5.56 Å². The zero-order valence-corrected chi connectivity index (χ0v) is 17.3. The Morgan fingerprint density at radius 1 is 1.03 bits per heavy atom. The number of methoxy groups -OCH3 is 2. The minimum Gasteiger partial charge on any atom is -0.493 e. The topological polar surface area (TPSA) is 73.1 Å². The minimum atomic E-state index is -0.273. The summed E-state index contributed by atoms with van der Waals surface area (Å²) < 4.78 is 16.1. The zero-order chi connectivity index (χ0) is 20.8. The van der Waals surface area contributed by atoms with Crippen LogP contribution < -0.4 is 14.9 Å². The maximum Gasteiger partial charge on any atom is 0.244 e. The van der Waals surface area contributed by atoms with E-state index < -0.39 is 0 Å². The van der Waals surface area contributed by atoms with E-state index in [0.29, 0.717) is 33.1 Å². The lowest BCUT2D eigenvalue weighted by molar-refractivity contribution is -0.120. The SMILES string of the molecule is COc1ccc(CC(=O)N/N=C\c2ccc(-c3ccc(Cl)c(Cl)c3)o2)cc1OC. The predicted molar refractivity (Wildman–Crippen MR) is 113 cm³/mol. The highest BCUT2D eigenvalue weighted by Crippen LogP contribution is 2.29. The van der Waals surface area contributed by atoms with E-state index >= 15 is 0 Å². The Morgan fingerprint density at radius 2 is 1.83 bits per heavy atom. The number of carbonyl (C=O) groups is 1. The molecule has 0 bridgehead atoms. The number of hydrogen-bond acceptors (Lipinski definition) is 5. The van der Waals surface area contributed by atoms with Crippen molar-refractivity contribution >= 4 is 35.3 Å². The van der Waals surface area contributed by atoms with Crippen LogP contribution in [0, 0.1) is 0 Å². The molecule has 3 rings (SSSR count). The zero-order valence-electron chi connectivity index (χ0n) is 15.7. The highest BCUT2D eigenvalue weighted by atomic mass is 35.5. The molecule has 0 saturated heterocycles. The number of carbonyl (C=O) groups excluding carboxylic acids is 1. The van der Waals surface area contributed by atoms with Crippen molar-refractivity contribution in [1.82, 2.24) is 5.43 Å². The van der Waals surface area contributed by atoms with Crippen molar-refractivity contribution < 1.29 is 18.7 Å². The van der Waals surface area contributed by atoms with Gasteiger partial charge in [0.25, 0.3) is 0 Å². The molecule has 8 heteroatoms. The molecular formula is C21H18Cl2N2O4. The summed E-state index contributed by atoms with van der Waals surface area (Å²) in [6.07, 6.45) is 1.57. The third-order valence-electron chi connectivity index (χ3n) is 4.02. The lowest BCUT2D eigenvalue weighted by Crippen LogP contribution is -2.19. The average molecular weight is 433 g/mol. The summed E-state index contributed by atoms with van der Waals surface area (Å²) in [6.45, 7) is 0. The third-order valence-corrected chi connectivity index (χ3v) is 4.76. The second-order valence-electron chi connectivity index (χ2n) is 5.99. The normalized spacial score (nSPS) is 10.9. The number of rotatable bonds is 7. The Labute approximate surface area is 178 Å². The van der Waals surface area contributed by atoms with Crippen LogP contribution in [0.3, 0.4) is 0 Å². The summed E-state index contributed by atoms with van der Waals surface area (Å²) in [5, 5.41) is 4.85. The van der Waals surface area contributed by atoms with E-state index in [1.54, 1.807) is 62.8 Å². The molecule has 1 N–H and O–H groups in total. The molecule has 0 unspecified atom stereocenters. The van der Waals surface area contributed by atoms with Gasteiger partial charge in [0.15, 0.2) is 11.5 Å². The van der Waals surface area contributed by atoms with Gasteiger partial charge in [0.1, 0.15) is 11.5 Å². The fraction of sp³-hybridized carbons (Fsp3) is 0.143. The molecule has 0 fully saturated rings. The summed E-state index contributed by atoms with van der Waals surface area (Å²) in [5.74, 6) is 1.99. The Bertz CT molecular complexity index is 1050.